The molecule has 0 saturated heterocycles. The average molecular weight is 186 g/mol. The molecule has 1 aromatic heterocycles. The molecule has 0 amide bonds. The summed E-state index contributed by atoms with van der Waals surface area (Å²) in [6.07, 6.45) is 3.59. The Kier molecular flexibility index (Phi) is 3.91. The summed E-state index contributed by atoms with van der Waals surface area (Å²) in [4.78, 5) is 0. The van der Waals surface area contributed by atoms with Crippen LogP contribution in [-0.2, 0) is 6.54 Å². The molecular weight excluding hydrogens is 174 g/mol. The molecule has 2 nitrogen and oxygen atoms in total. The molecule has 0 unspecified atom stereocenters. The lowest BCUT2D eigenvalue weighted by Crippen LogP contribution is -2.12. The summed E-state index contributed by atoms with van der Waals surface area (Å²) in [5.74, 6) is 0.940. The second-order valence-corrected chi connectivity index (χ2v) is 3.10. The summed E-state index contributed by atoms with van der Waals surface area (Å²) >= 11 is 5.64. The van der Waals surface area contributed by atoms with Crippen LogP contribution >= 0.6 is 11.6 Å². The second kappa shape index (κ2) is 5.01. The predicted octanol–water partition coefficient (Wildman–Crippen LogP) is 2.51. The van der Waals surface area contributed by atoms with Crippen LogP contribution in [0.15, 0.2) is 33.9 Å². The van der Waals surface area contributed by atoms with Crippen molar-refractivity contribution >= 4 is 11.6 Å². The van der Waals surface area contributed by atoms with Crippen molar-refractivity contribution in [3.05, 3.63) is 35.3 Å². The van der Waals surface area contributed by atoms with Crippen molar-refractivity contribution in [2.24, 2.45) is 0 Å². The van der Waals surface area contributed by atoms with E-state index < -0.39 is 0 Å². The molecule has 0 radical (unpaired) electrons. The van der Waals surface area contributed by atoms with Gasteiger partial charge in [0.05, 0.1) is 12.8 Å². The van der Waals surface area contributed by atoms with Gasteiger partial charge in [0.15, 0.2) is 0 Å². The highest BCUT2D eigenvalue weighted by Gasteiger charge is 1.91. The first-order valence-corrected chi connectivity index (χ1v) is 4.22. The van der Waals surface area contributed by atoms with Crippen LogP contribution in [0.4, 0.5) is 0 Å². The fraction of sp³-hybridized carbons (Fsp3) is 0.333. The predicted molar refractivity (Wildman–Crippen MR) is 50.0 cm³/mol. The second-order valence-electron chi connectivity index (χ2n) is 2.50. The van der Waals surface area contributed by atoms with Gasteiger partial charge in [-0.05, 0) is 19.1 Å². The third-order valence-corrected chi connectivity index (χ3v) is 1.56. The molecule has 0 aliphatic rings. The highest BCUT2D eigenvalue weighted by atomic mass is 35.5. The molecule has 0 aliphatic carbocycles. The lowest BCUT2D eigenvalue weighted by atomic mass is 10.4. The lowest BCUT2D eigenvalue weighted by molar-refractivity contribution is 0.490. The first-order valence-electron chi connectivity index (χ1n) is 3.84. The first-order chi connectivity index (χ1) is 5.79. The van der Waals surface area contributed by atoms with Gasteiger partial charge in [0.1, 0.15) is 5.76 Å². The number of allylic oxidation sites excluding steroid dienone is 1. The molecule has 0 saturated carbocycles. The van der Waals surface area contributed by atoms with Crippen molar-refractivity contribution in [3.8, 4) is 0 Å². The fourth-order valence-electron chi connectivity index (χ4n) is 0.821. The summed E-state index contributed by atoms with van der Waals surface area (Å²) in [5, 5.41) is 3.97. The number of nitrogens with one attached hydrogen (secondary N) is 1. The van der Waals surface area contributed by atoms with Gasteiger partial charge in [-0.25, -0.2) is 0 Å². The van der Waals surface area contributed by atoms with E-state index in [1.54, 1.807) is 6.26 Å². The van der Waals surface area contributed by atoms with Crippen LogP contribution in [0.5, 0.6) is 0 Å². The summed E-state index contributed by atoms with van der Waals surface area (Å²) in [7, 11) is 0. The molecule has 0 aromatic carbocycles. The van der Waals surface area contributed by atoms with E-state index in [1.807, 2.05) is 25.1 Å². The standard InChI is InChI=1S/C9H12ClNO/c1-8(10)4-5-11-7-9-3-2-6-12-9/h2-4,6,11H,5,7H2,1H3/b8-4-. The largest absolute Gasteiger partial charge is 0.468 e. The van der Waals surface area contributed by atoms with E-state index in [0.717, 1.165) is 23.9 Å². The molecule has 0 aliphatic heterocycles. The minimum absolute atomic E-state index is 0.744. The molecule has 1 aromatic rings. The van der Waals surface area contributed by atoms with Crippen molar-refractivity contribution in [1.82, 2.24) is 5.32 Å². The van der Waals surface area contributed by atoms with Crippen molar-refractivity contribution in [3.63, 3.8) is 0 Å². The Morgan fingerprint density at radius 1 is 1.75 bits per heavy atom. The Balaban J connectivity index is 2.16. The smallest absolute Gasteiger partial charge is 0.117 e. The van der Waals surface area contributed by atoms with Crippen molar-refractivity contribution < 1.29 is 4.42 Å². The number of furan rings is 1. The zero-order valence-electron chi connectivity index (χ0n) is 7.01. The third kappa shape index (κ3) is 3.60. The summed E-state index contributed by atoms with van der Waals surface area (Å²) in [6, 6.07) is 3.81. The normalized spacial score (nSPS) is 12.0. The van der Waals surface area contributed by atoms with E-state index in [-0.39, 0.29) is 0 Å². The molecule has 66 valence electrons. The topological polar surface area (TPSA) is 25.2 Å². The molecule has 3 heteroatoms. The maximum Gasteiger partial charge on any atom is 0.117 e. The van der Waals surface area contributed by atoms with Gasteiger partial charge in [-0.15, -0.1) is 0 Å². The quantitative estimate of drug-likeness (QED) is 0.730. The highest BCUT2D eigenvalue weighted by molar-refractivity contribution is 6.29. The van der Waals surface area contributed by atoms with Crippen molar-refractivity contribution in [1.29, 1.82) is 0 Å². The minimum Gasteiger partial charge on any atom is -0.468 e. The molecule has 0 bridgehead atoms. The maximum atomic E-state index is 5.64. The van der Waals surface area contributed by atoms with Crippen LogP contribution in [0.25, 0.3) is 0 Å². The van der Waals surface area contributed by atoms with Gasteiger partial charge in [-0.2, -0.15) is 0 Å². The Labute approximate surface area is 77.2 Å². The van der Waals surface area contributed by atoms with E-state index in [2.05, 4.69) is 5.32 Å². The van der Waals surface area contributed by atoms with E-state index >= 15 is 0 Å². The van der Waals surface area contributed by atoms with Gasteiger partial charge >= 0.3 is 0 Å². The van der Waals surface area contributed by atoms with Gasteiger partial charge in [0.25, 0.3) is 0 Å². The van der Waals surface area contributed by atoms with Crippen LogP contribution in [-0.4, -0.2) is 6.54 Å². The van der Waals surface area contributed by atoms with Crippen LogP contribution < -0.4 is 5.32 Å². The monoisotopic (exact) mass is 185 g/mol. The first kappa shape index (κ1) is 9.36. The SMILES string of the molecule is C/C(Cl)=C/CNCc1ccco1. The molecule has 1 rings (SSSR count). The van der Waals surface area contributed by atoms with Crippen molar-refractivity contribution in [2.45, 2.75) is 13.5 Å². The summed E-state index contributed by atoms with van der Waals surface area (Å²) < 4.78 is 5.12. The van der Waals surface area contributed by atoms with Gasteiger partial charge < -0.3 is 9.73 Å². The number of halogens is 1. The van der Waals surface area contributed by atoms with Crippen LogP contribution in [0.2, 0.25) is 0 Å². The van der Waals surface area contributed by atoms with E-state index in [1.165, 1.54) is 0 Å². The van der Waals surface area contributed by atoms with Crippen LogP contribution in [0, 0.1) is 0 Å². The zero-order valence-corrected chi connectivity index (χ0v) is 7.77. The van der Waals surface area contributed by atoms with Crippen molar-refractivity contribution in [2.75, 3.05) is 6.54 Å². The van der Waals surface area contributed by atoms with Crippen LogP contribution in [0.3, 0.4) is 0 Å². The third-order valence-electron chi connectivity index (χ3n) is 1.41. The number of rotatable bonds is 4. The minimum atomic E-state index is 0.744. The van der Waals surface area contributed by atoms with Gasteiger partial charge in [0, 0.05) is 11.6 Å². The molecule has 0 atom stereocenters. The number of hydrogen-bond acceptors (Lipinski definition) is 2. The fourth-order valence-corrected chi connectivity index (χ4v) is 0.898. The Morgan fingerprint density at radius 2 is 2.58 bits per heavy atom. The average Bonchev–Trinajstić information content (AvgIpc) is 2.49. The van der Waals surface area contributed by atoms with Crippen LogP contribution in [0.1, 0.15) is 12.7 Å². The van der Waals surface area contributed by atoms with Gasteiger partial charge in [-0.3, -0.25) is 0 Å². The van der Waals surface area contributed by atoms with E-state index in [0.29, 0.717) is 0 Å². The molecule has 0 spiro atoms. The lowest BCUT2D eigenvalue weighted by Gasteiger charge is -1.97. The molecule has 1 heterocycles. The Hall–Kier alpha value is -0.730. The molecule has 12 heavy (non-hydrogen) atoms. The molecular formula is C9H12ClNO. The van der Waals surface area contributed by atoms with Gasteiger partial charge in [-0.1, -0.05) is 17.7 Å². The molecule has 1 N–H and O–H groups in total. The molecule has 0 fully saturated rings. The Bertz CT molecular complexity index is 237. The summed E-state index contributed by atoms with van der Waals surface area (Å²) in [5.41, 5.74) is 0. The zero-order chi connectivity index (χ0) is 8.81. The summed E-state index contributed by atoms with van der Waals surface area (Å²) in [6.45, 7) is 3.37. The Morgan fingerprint density at radius 3 is 3.17 bits per heavy atom. The maximum absolute atomic E-state index is 5.64. The van der Waals surface area contributed by atoms with Gasteiger partial charge in [0.2, 0.25) is 0 Å². The highest BCUT2D eigenvalue weighted by Crippen LogP contribution is 1.99. The van der Waals surface area contributed by atoms with E-state index in [9.17, 15) is 0 Å². The number of hydrogen-bond donors (Lipinski definition) is 1. The van der Waals surface area contributed by atoms with E-state index in [4.69, 9.17) is 16.0 Å².